The molecular weight excluding hydrogens is 781 g/mol. The molecule has 0 saturated carbocycles. The molecule has 0 aliphatic carbocycles. The minimum Gasteiger partial charge on any atom is -0.309 e. The third-order valence-electron chi connectivity index (χ3n) is 12.4. The third kappa shape index (κ3) is 6.33. The van der Waals surface area contributed by atoms with Gasteiger partial charge in [0.1, 0.15) is 0 Å². The second-order valence-electron chi connectivity index (χ2n) is 16.0. The molecule has 0 unspecified atom stereocenters. The van der Waals surface area contributed by atoms with Crippen LogP contribution in [0.5, 0.6) is 0 Å². The highest BCUT2D eigenvalue weighted by Crippen LogP contribution is 2.47. The molecule has 12 aromatic rings. The van der Waals surface area contributed by atoms with Crippen molar-refractivity contribution in [2.24, 2.45) is 0 Å². The molecule has 12 rings (SSSR count). The van der Waals surface area contributed by atoms with Crippen LogP contribution in [-0.2, 0) is 0 Å². The van der Waals surface area contributed by atoms with E-state index in [-0.39, 0.29) is 0 Å². The molecule has 2 nitrogen and oxygen atoms in total. The number of nitrogens with zero attached hydrogens (tertiary/aromatic N) is 2. The lowest BCUT2D eigenvalue weighted by molar-refractivity contribution is 1.18. The zero-order chi connectivity index (χ0) is 41.7. The maximum Gasteiger partial charge on any atom is 0.0640 e. The fourth-order valence-corrected chi connectivity index (χ4v) is 10.8. The molecule has 0 aliphatic rings. The van der Waals surface area contributed by atoms with Gasteiger partial charge < -0.3 is 9.47 Å². The molecule has 63 heavy (non-hydrogen) atoms. The van der Waals surface area contributed by atoms with Gasteiger partial charge in [0.2, 0.25) is 0 Å². The lowest BCUT2D eigenvalue weighted by Crippen LogP contribution is -2.10. The van der Waals surface area contributed by atoms with Gasteiger partial charge in [-0.2, -0.15) is 0 Å². The maximum atomic E-state index is 2.45. The Labute approximate surface area is 370 Å². The number of hydrogen-bond donors (Lipinski definition) is 0. The van der Waals surface area contributed by atoms with Crippen molar-refractivity contribution in [3.05, 3.63) is 243 Å². The summed E-state index contributed by atoms with van der Waals surface area (Å²) in [5, 5.41) is 5.05. The van der Waals surface area contributed by atoms with Gasteiger partial charge in [-0.25, -0.2) is 0 Å². The number of anilines is 3. The van der Waals surface area contributed by atoms with Crippen LogP contribution in [0.2, 0.25) is 0 Å². The first-order valence-electron chi connectivity index (χ1n) is 21.5. The zero-order valence-electron chi connectivity index (χ0n) is 34.4. The van der Waals surface area contributed by atoms with E-state index < -0.39 is 0 Å². The average Bonchev–Trinajstić information content (AvgIpc) is 3.92. The summed E-state index contributed by atoms with van der Waals surface area (Å²) in [4.78, 5) is 2.45. The van der Waals surface area contributed by atoms with Crippen LogP contribution in [0, 0.1) is 0 Å². The smallest absolute Gasteiger partial charge is 0.0640 e. The van der Waals surface area contributed by atoms with Crippen molar-refractivity contribution in [2.45, 2.75) is 0 Å². The van der Waals surface area contributed by atoms with Crippen molar-refractivity contribution < 1.29 is 0 Å². The molecule has 0 spiro atoms. The molecule has 2 aromatic heterocycles. The lowest BCUT2D eigenvalue weighted by Gasteiger charge is -2.27. The fraction of sp³-hybridized carbons (Fsp3) is 0. The van der Waals surface area contributed by atoms with E-state index in [2.05, 4.69) is 252 Å². The highest BCUT2D eigenvalue weighted by molar-refractivity contribution is 7.26. The van der Waals surface area contributed by atoms with Crippen LogP contribution in [0.1, 0.15) is 0 Å². The van der Waals surface area contributed by atoms with Gasteiger partial charge in [0.05, 0.1) is 21.4 Å². The number of fused-ring (bicyclic) bond motifs is 6. The Morgan fingerprint density at radius 2 is 0.873 bits per heavy atom. The first-order valence-corrected chi connectivity index (χ1v) is 22.3. The molecule has 10 aromatic carbocycles. The van der Waals surface area contributed by atoms with Gasteiger partial charge in [0.25, 0.3) is 0 Å². The number of rotatable bonds is 8. The van der Waals surface area contributed by atoms with Crippen molar-refractivity contribution in [1.29, 1.82) is 0 Å². The summed E-state index contributed by atoms with van der Waals surface area (Å²) < 4.78 is 4.98. The van der Waals surface area contributed by atoms with Crippen LogP contribution in [-0.4, -0.2) is 4.57 Å². The normalized spacial score (nSPS) is 11.5. The minimum atomic E-state index is 1.10. The van der Waals surface area contributed by atoms with Crippen LogP contribution in [0.25, 0.3) is 92.2 Å². The van der Waals surface area contributed by atoms with Crippen LogP contribution >= 0.6 is 11.3 Å². The first-order chi connectivity index (χ1) is 31.3. The number of aromatic nitrogens is 1. The molecule has 0 atom stereocenters. The van der Waals surface area contributed by atoms with E-state index in [9.17, 15) is 0 Å². The molecule has 2 heterocycles. The van der Waals surface area contributed by atoms with Crippen molar-refractivity contribution in [3.63, 3.8) is 0 Å². The molecule has 0 aliphatic heterocycles. The van der Waals surface area contributed by atoms with Crippen molar-refractivity contribution in [2.75, 3.05) is 4.90 Å². The number of benzene rings is 10. The Hall–Kier alpha value is -7.98. The van der Waals surface area contributed by atoms with Gasteiger partial charge in [-0.1, -0.05) is 188 Å². The van der Waals surface area contributed by atoms with Gasteiger partial charge in [-0.05, 0) is 93.5 Å². The molecular formula is C60H40N2S. The van der Waals surface area contributed by atoms with Gasteiger partial charge in [-0.15, -0.1) is 11.3 Å². The van der Waals surface area contributed by atoms with Gasteiger partial charge in [-0.3, -0.25) is 0 Å². The summed E-state index contributed by atoms with van der Waals surface area (Å²) in [6.45, 7) is 0. The summed E-state index contributed by atoms with van der Waals surface area (Å²) in [6, 6.07) is 88.3. The van der Waals surface area contributed by atoms with Crippen molar-refractivity contribution >= 4 is 70.4 Å². The summed E-state index contributed by atoms with van der Waals surface area (Å²) >= 11 is 1.86. The van der Waals surface area contributed by atoms with E-state index in [1.807, 2.05) is 11.3 Å². The zero-order valence-corrected chi connectivity index (χ0v) is 35.2. The van der Waals surface area contributed by atoms with Crippen LogP contribution < -0.4 is 4.90 Å². The second kappa shape index (κ2) is 15.5. The van der Waals surface area contributed by atoms with Crippen molar-refractivity contribution in [1.82, 2.24) is 4.57 Å². The van der Waals surface area contributed by atoms with Crippen LogP contribution in [0.15, 0.2) is 243 Å². The Balaban J connectivity index is 1.03. The van der Waals surface area contributed by atoms with Crippen LogP contribution in [0.3, 0.4) is 0 Å². The van der Waals surface area contributed by atoms with E-state index in [0.717, 1.165) is 28.3 Å². The summed E-state index contributed by atoms with van der Waals surface area (Å²) in [5.41, 5.74) is 16.5. The monoisotopic (exact) mass is 820 g/mol. The van der Waals surface area contributed by atoms with Crippen molar-refractivity contribution in [3.8, 4) is 50.2 Å². The molecule has 0 bridgehead atoms. The summed E-state index contributed by atoms with van der Waals surface area (Å²) in [5.74, 6) is 0. The summed E-state index contributed by atoms with van der Waals surface area (Å²) in [6.07, 6.45) is 0. The molecule has 3 heteroatoms. The topological polar surface area (TPSA) is 8.17 Å². The van der Waals surface area contributed by atoms with Gasteiger partial charge in [0, 0.05) is 48.9 Å². The third-order valence-corrected chi connectivity index (χ3v) is 13.6. The Morgan fingerprint density at radius 1 is 0.333 bits per heavy atom. The van der Waals surface area contributed by atoms with Gasteiger partial charge >= 0.3 is 0 Å². The van der Waals surface area contributed by atoms with Crippen LogP contribution in [0.4, 0.5) is 17.1 Å². The first kappa shape index (κ1) is 36.8. The SMILES string of the molecule is c1ccc(-c2ccccc2-c2ccccc2-c2ccc(N(c3cccc(-c4cccc5c6ccccc6n(-c6ccccc6)c45)c3)c3cccc4c3sc3ccccc34)cc2)cc1. The molecule has 0 saturated heterocycles. The largest absolute Gasteiger partial charge is 0.309 e. The second-order valence-corrected chi connectivity index (χ2v) is 17.1. The number of hydrogen-bond acceptors (Lipinski definition) is 2. The lowest BCUT2D eigenvalue weighted by atomic mass is 9.89. The van der Waals surface area contributed by atoms with E-state index in [0.29, 0.717) is 0 Å². The fourth-order valence-electron chi connectivity index (χ4n) is 9.59. The van der Waals surface area contributed by atoms with E-state index in [1.54, 1.807) is 0 Å². The number of para-hydroxylation sites is 3. The standard InChI is InChI=1S/C60H40N2S/c1-3-18-41(19-4-1)47-24-7-9-26-50(47)51-27-10-8-25-48(51)42-36-38-45(39-37-42)61(57-34-17-32-55-53-29-12-14-35-58(53)63-60(55)57)46-23-15-20-43(40-46)49-30-16-31-54-52-28-11-13-33-56(52)62(59(49)54)44-21-5-2-6-22-44/h1-40H. The highest BCUT2D eigenvalue weighted by atomic mass is 32.1. The predicted molar refractivity (Wildman–Crippen MR) is 270 cm³/mol. The molecule has 0 radical (unpaired) electrons. The molecule has 0 fully saturated rings. The quantitative estimate of drug-likeness (QED) is 0.148. The van der Waals surface area contributed by atoms with Gasteiger partial charge in [0.15, 0.2) is 0 Å². The Kier molecular flexibility index (Phi) is 9.06. The minimum absolute atomic E-state index is 1.10. The van der Waals surface area contributed by atoms with E-state index in [1.165, 1.54) is 80.9 Å². The number of thiophene rings is 1. The highest BCUT2D eigenvalue weighted by Gasteiger charge is 2.21. The molecule has 296 valence electrons. The predicted octanol–water partition coefficient (Wildman–Crippen LogP) is 17.3. The molecule has 0 N–H and O–H groups in total. The Morgan fingerprint density at radius 3 is 1.63 bits per heavy atom. The average molecular weight is 821 g/mol. The van der Waals surface area contributed by atoms with E-state index >= 15 is 0 Å². The maximum absolute atomic E-state index is 2.45. The Bertz CT molecular complexity index is 3620. The molecule has 0 amide bonds. The summed E-state index contributed by atoms with van der Waals surface area (Å²) in [7, 11) is 0. The van der Waals surface area contributed by atoms with E-state index in [4.69, 9.17) is 0 Å².